The summed E-state index contributed by atoms with van der Waals surface area (Å²) in [5.74, 6) is 0. The lowest BCUT2D eigenvalue weighted by Crippen LogP contribution is -2.38. The molecule has 0 saturated heterocycles. The molecular formula is C10H9F6NOS. The Labute approximate surface area is 108 Å². The lowest BCUT2D eigenvalue weighted by atomic mass is 10.0. The van der Waals surface area contributed by atoms with Crippen molar-refractivity contribution in [3.05, 3.63) is 29.8 Å². The molecule has 2 atom stereocenters. The van der Waals surface area contributed by atoms with Crippen LogP contribution in [0.1, 0.15) is 11.6 Å². The van der Waals surface area contributed by atoms with Crippen LogP contribution in [-0.4, -0.2) is 22.9 Å². The molecule has 0 amide bonds. The molecular weight excluding hydrogens is 296 g/mol. The van der Waals surface area contributed by atoms with Crippen LogP contribution in [0.2, 0.25) is 0 Å². The molecule has 0 aliphatic heterocycles. The normalized spacial score (nSPS) is 16.2. The summed E-state index contributed by atoms with van der Waals surface area (Å²) in [5, 5.41) is 8.93. The summed E-state index contributed by atoms with van der Waals surface area (Å²) in [6.07, 6.45) is -7.66. The Bertz CT molecular complexity index is 416. The lowest BCUT2D eigenvalue weighted by molar-refractivity contribution is -0.210. The fraction of sp³-hybridized carbons (Fsp3) is 0.400. The fourth-order valence-corrected chi connectivity index (χ4v) is 1.82. The van der Waals surface area contributed by atoms with Crippen molar-refractivity contribution in [3.63, 3.8) is 0 Å². The van der Waals surface area contributed by atoms with E-state index in [1.165, 1.54) is 0 Å². The van der Waals surface area contributed by atoms with Gasteiger partial charge in [-0.2, -0.15) is 26.3 Å². The van der Waals surface area contributed by atoms with Gasteiger partial charge in [-0.3, -0.25) is 0 Å². The molecule has 0 spiro atoms. The molecule has 0 saturated carbocycles. The van der Waals surface area contributed by atoms with E-state index in [-0.39, 0.29) is 10.5 Å². The van der Waals surface area contributed by atoms with Crippen molar-refractivity contribution >= 4 is 11.8 Å². The molecule has 0 aliphatic carbocycles. The Hall–Kier alpha value is -0.930. The number of rotatable bonds is 3. The number of nitrogens with two attached hydrogens (primary N) is 1. The van der Waals surface area contributed by atoms with Crippen molar-refractivity contribution in [1.29, 1.82) is 0 Å². The van der Waals surface area contributed by atoms with Gasteiger partial charge in [0.1, 0.15) is 0 Å². The summed E-state index contributed by atoms with van der Waals surface area (Å²) in [6.45, 7) is 0. The summed E-state index contributed by atoms with van der Waals surface area (Å²) in [7, 11) is 0. The Morgan fingerprint density at radius 1 is 1.00 bits per heavy atom. The molecule has 0 bridgehead atoms. The number of thioether (sulfide) groups is 1. The number of benzene rings is 1. The number of aliphatic hydroxyl groups excluding tert-OH is 1. The molecule has 0 unspecified atom stereocenters. The predicted octanol–water partition coefficient (Wildman–Crippen LogP) is 3.22. The summed E-state index contributed by atoms with van der Waals surface area (Å²) in [4.78, 5) is -0.176. The molecule has 1 rings (SSSR count). The van der Waals surface area contributed by atoms with Gasteiger partial charge in [0.05, 0.1) is 6.04 Å². The summed E-state index contributed by atoms with van der Waals surface area (Å²) in [5.41, 5.74) is 0.625. The van der Waals surface area contributed by atoms with Crippen molar-refractivity contribution in [2.75, 3.05) is 0 Å². The second-order valence-corrected chi connectivity index (χ2v) is 4.77. The first kappa shape index (κ1) is 16.1. The third-order valence-corrected chi connectivity index (χ3v) is 2.91. The Morgan fingerprint density at radius 3 is 1.84 bits per heavy atom. The van der Waals surface area contributed by atoms with Gasteiger partial charge in [-0.25, -0.2) is 0 Å². The Balaban J connectivity index is 2.82. The van der Waals surface area contributed by atoms with Gasteiger partial charge in [0.2, 0.25) is 0 Å². The molecule has 2 nitrogen and oxygen atoms in total. The van der Waals surface area contributed by atoms with Gasteiger partial charge >= 0.3 is 11.7 Å². The molecule has 0 fully saturated rings. The first-order valence-corrected chi connectivity index (χ1v) is 5.68. The number of halogens is 6. The molecule has 9 heteroatoms. The van der Waals surface area contributed by atoms with Crippen LogP contribution in [0, 0.1) is 0 Å². The van der Waals surface area contributed by atoms with Gasteiger partial charge in [-0.15, -0.1) is 0 Å². The van der Waals surface area contributed by atoms with Crippen LogP contribution >= 0.6 is 11.8 Å². The summed E-state index contributed by atoms with van der Waals surface area (Å²) >= 11 is -0.390. The molecule has 0 aliphatic rings. The summed E-state index contributed by atoms with van der Waals surface area (Å²) in [6, 6.07) is 2.29. The minimum absolute atomic E-state index is 0.101. The highest BCUT2D eigenvalue weighted by Crippen LogP contribution is 2.37. The van der Waals surface area contributed by atoms with E-state index in [2.05, 4.69) is 0 Å². The highest BCUT2D eigenvalue weighted by atomic mass is 32.2. The number of aliphatic hydroxyl groups is 1. The van der Waals surface area contributed by atoms with Gasteiger partial charge < -0.3 is 10.8 Å². The monoisotopic (exact) mass is 305 g/mol. The average Bonchev–Trinajstić information content (AvgIpc) is 2.24. The third-order valence-electron chi connectivity index (χ3n) is 2.17. The molecule has 19 heavy (non-hydrogen) atoms. The van der Waals surface area contributed by atoms with Crippen LogP contribution in [0.15, 0.2) is 29.2 Å². The number of hydrogen-bond donors (Lipinski definition) is 2. The second kappa shape index (κ2) is 5.59. The van der Waals surface area contributed by atoms with Gasteiger partial charge in [0, 0.05) is 4.90 Å². The first-order chi connectivity index (χ1) is 8.50. The molecule has 0 heterocycles. The van der Waals surface area contributed by atoms with Gasteiger partial charge in [-0.05, 0) is 29.5 Å². The largest absolute Gasteiger partial charge is 0.446 e. The van der Waals surface area contributed by atoms with E-state index in [9.17, 15) is 26.3 Å². The van der Waals surface area contributed by atoms with Crippen LogP contribution in [0.25, 0.3) is 0 Å². The first-order valence-electron chi connectivity index (χ1n) is 4.87. The van der Waals surface area contributed by atoms with Gasteiger partial charge in [0.25, 0.3) is 0 Å². The van der Waals surface area contributed by atoms with Crippen molar-refractivity contribution < 1.29 is 31.4 Å². The van der Waals surface area contributed by atoms with Gasteiger partial charge in [-0.1, -0.05) is 12.1 Å². The topological polar surface area (TPSA) is 46.2 Å². The standard InChI is InChI=1S/C10H9F6NOS/c11-9(12,13)8(18)7(17)5-1-3-6(4-2-5)19-10(14,15)16/h1-4,7-8,18H,17H2/t7-,8-/m0/s1. The highest BCUT2D eigenvalue weighted by molar-refractivity contribution is 8.00. The molecule has 0 radical (unpaired) electrons. The summed E-state index contributed by atoms with van der Waals surface area (Å²) < 4.78 is 72.7. The maximum atomic E-state index is 12.2. The quantitative estimate of drug-likeness (QED) is 0.666. The number of hydrogen-bond acceptors (Lipinski definition) is 3. The zero-order valence-corrected chi connectivity index (χ0v) is 9.98. The maximum absolute atomic E-state index is 12.2. The van der Waals surface area contributed by atoms with Crippen molar-refractivity contribution in [2.45, 2.75) is 28.7 Å². The van der Waals surface area contributed by atoms with Crippen LogP contribution in [0.3, 0.4) is 0 Å². The average molecular weight is 305 g/mol. The van der Waals surface area contributed by atoms with Crippen molar-refractivity contribution in [3.8, 4) is 0 Å². The smallest absolute Gasteiger partial charge is 0.382 e. The second-order valence-electron chi connectivity index (χ2n) is 3.63. The van der Waals surface area contributed by atoms with E-state index in [1.54, 1.807) is 0 Å². The van der Waals surface area contributed by atoms with Crippen LogP contribution in [0.5, 0.6) is 0 Å². The number of alkyl halides is 6. The Kier molecular flexibility index (Phi) is 4.75. The predicted molar refractivity (Wildman–Crippen MR) is 57.3 cm³/mol. The highest BCUT2D eigenvalue weighted by Gasteiger charge is 2.42. The zero-order valence-electron chi connectivity index (χ0n) is 9.16. The van der Waals surface area contributed by atoms with Crippen molar-refractivity contribution in [2.24, 2.45) is 5.73 Å². The Morgan fingerprint density at radius 2 is 1.47 bits per heavy atom. The molecule has 1 aromatic carbocycles. The molecule has 108 valence electrons. The molecule has 0 aromatic heterocycles. The van der Waals surface area contributed by atoms with E-state index < -0.39 is 35.6 Å². The maximum Gasteiger partial charge on any atom is 0.446 e. The van der Waals surface area contributed by atoms with E-state index >= 15 is 0 Å². The molecule has 3 N–H and O–H groups in total. The zero-order chi connectivity index (χ0) is 14.8. The van der Waals surface area contributed by atoms with Crippen molar-refractivity contribution in [1.82, 2.24) is 0 Å². The lowest BCUT2D eigenvalue weighted by Gasteiger charge is -2.21. The minimum Gasteiger partial charge on any atom is -0.382 e. The van der Waals surface area contributed by atoms with E-state index in [0.717, 1.165) is 24.3 Å². The van der Waals surface area contributed by atoms with E-state index in [0.29, 0.717) is 0 Å². The fourth-order valence-electron chi connectivity index (χ4n) is 1.28. The van der Waals surface area contributed by atoms with Crippen LogP contribution in [-0.2, 0) is 0 Å². The minimum atomic E-state index is -4.89. The third kappa shape index (κ3) is 4.92. The van der Waals surface area contributed by atoms with Crippen LogP contribution < -0.4 is 5.73 Å². The van der Waals surface area contributed by atoms with E-state index in [4.69, 9.17) is 10.8 Å². The molecule has 1 aromatic rings. The van der Waals surface area contributed by atoms with E-state index in [1.807, 2.05) is 0 Å². The van der Waals surface area contributed by atoms with Gasteiger partial charge in [0.15, 0.2) is 6.10 Å². The SMILES string of the molecule is N[C@@H](c1ccc(SC(F)(F)F)cc1)[C@H](O)C(F)(F)F. The van der Waals surface area contributed by atoms with Crippen LogP contribution in [0.4, 0.5) is 26.3 Å².